The molecule has 1 fully saturated rings. The van der Waals surface area contributed by atoms with Crippen LogP contribution in [0.25, 0.3) is 0 Å². The standard InChI is InChI=1S/C18H29N3O3/c1-18(2,3)24-17(23)21-9-7-20(8-10-21)13-15-6-4-5-14(11-15)12-16(19)22/h4-6,11,16,22H,7-10,12-13,19H2,1-3H3. The van der Waals surface area contributed by atoms with Crippen molar-refractivity contribution in [2.45, 2.75) is 45.6 Å². The molecule has 24 heavy (non-hydrogen) atoms. The summed E-state index contributed by atoms with van der Waals surface area (Å²) < 4.78 is 5.42. The molecule has 1 aromatic rings. The van der Waals surface area contributed by atoms with Gasteiger partial charge in [0, 0.05) is 39.1 Å². The van der Waals surface area contributed by atoms with Crippen molar-refractivity contribution in [3.05, 3.63) is 35.4 Å². The SMILES string of the molecule is CC(C)(C)OC(=O)N1CCN(Cc2cccc(CC(N)O)c2)CC1. The van der Waals surface area contributed by atoms with Crippen LogP contribution in [0.4, 0.5) is 4.79 Å². The van der Waals surface area contributed by atoms with Crippen LogP contribution in [-0.2, 0) is 17.7 Å². The summed E-state index contributed by atoms with van der Waals surface area (Å²) in [6, 6.07) is 8.12. The number of rotatable bonds is 4. The molecule has 1 amide bonds. The molecule has 1 aliphatic rings. The Hall–Kier alpha value is -1.63. The Labute approximate surface area is 144 Å². The lowest BCUT2D eigenvalue weighted by atomic mass is 10.1. The normalized spacial score (nSPS) is 17.6. The lowest BCUT2D eigenvalue weighted by molar-refractivity contribution is 0.0139. The fourth-order valence-corrected chi connectivity index (χ4v) is 2.77. The average Bonchev–Trinajstić information content (AvgIpc) is 2.46. The highest BCUT2D eigenvalue weighted by molar-refractivity contribution is 5.68. The van der Waals surface area contributed by atoms with E-state index in [0.717, 1.165) is 25.2 Å². The van der Waals surface area contributed by atoms with Crippen LogP contribution in [0.5, 0.6) is 0 Å². The van der Waals surface area contributed by atoms with Gasteiger partial charge in [-0.3, -0.25) is 4.90 Å². The number of aliphatic hydroxyl groups is 1. The first kappa shape index (κ1) is 18.7. The fourth-order valence-electron chi connectivity index (χ4n) is 2.77. The van der Waals surface area contributed by atoms with E-state index in [-0.39, 0.29) is 6.09 Å². The predicted molar refractivity (Wildman–Crippen MR) is 93.4 cm³/mol. The van der Waals surface area contributed by atoms with Gasteiger partial charge in [-0.2, -0.15) is 0 Å². The Morgan fingerprint density at radius 1 is 1.25 bits per heavy atom. The van der Waals surface area contributed by atoms with Gasteiger partial charge in [-0.1, -0.05) is 24.3 Å². The maximum atomic E-state index is 12.1. The molecular weight excluding hydrogens is 306 g/mol. The predicted octanol–water partition coefficient (Wildman–Crippen LogP) is 1.56. The van der Waals surface area contributed by atoms with Gasteiger partial charge in [-0.15, -0.1) is 0 Å². The molecule has 134 valence electrons. The van der Waals surface area contributed by atoms with E-state index in [9.17, 15) is 9.90 Å². The number of benzene rings is 1. The lowest BCUT2D eigenvalue weighted by Gasteiger charge is -2.35. The first-order chi connectivity index (χ1) is 11.2. The summed E-state index contributed by atoms with van der Waals surface area (Å²) in [5, 5.41) is 9.30. The van der Waals surface area contributed by atoms with Crippen molar-refractivity contribution in [2.24, 2.45) is 5.73 Å². The molecule has 0 saturated carbocycles. The van der Waals surface area contributed by atoms with Crippen molar-refractivity contribution in [2.75, 3.05) is 26.2 Å². The number of nitrogens with two attached hydrogens (primary N) is 1. The summed E-state index contributed by atoms with van der Waals surface area (Å²) in [7, 11) is 0. The molecule has 1 aromatic carbocycles. The summed E-state index contributed by atoms with van der Waals surface area (Å²) in [6.07, 6.45) is -0.598. The second kappa shape index (κ2) is 7.96. The topological polar surface area (TPSA) is 79.0 Å². The molecule has 6 heteroatoms. The van der Waals surface area contributed by atoms with Crippen molar-refractivity contribution >= 4 is 6.09 Å². The summed E-state index contributed by atoms with van der Waals surface area (Å²) >= 11 is 0. The zero-order valence-corrected chi connectivity index (χ0v) is 14.9. The third kappa shape index (κ3) is 6.11. The number of carbonyl (C=O) groups is 1. The van der Waals surface area contributed by atoms with Crippen LogP contribution in [-0.4, -0.2) is 59.0 Å². The second-order valence-electron chi connectivity index (χ2n) is 7.33. The molecule has 1 aliphatic heterocycles. The Bertz CT molecular complexity index is 547. The number of amides is 1. The highest BCUT2D eigenvalue weighted by Crippen LogP contribution is 2.14. The largest absolute Gasteiger partial charge is 0.444 e. The molecule has 1 atom stereocenters. The monoisotopic (exact) mass is 335 g/mol. The Morgan fingerprint density at radius 2 is 1.88 bits per heavy atom. The summed E-state index contributed by atoms with van der Waals surface area (Å²) in [5.41, 5.74) is 7.22. The molecule has 0 aliphatic carbocycles. The van der Waals surface area contributed by atoms with Crippen LogP contribution in [0.15, 0.2) is 24.3 Å². The van der Waals surface area contributed by atoms with Crippen LogP contribution in [0, 0.1) is 0 Å². The lowest BCUT2D eigenvalue weighted by Crippen LogP contribution is -2.49. The fraction of sp³-hybridized carbons (Fsp3) is 0.611. The first-order valence-corrected chi connectivity index (χ1v) is 8.45. The summed E-state index contributed by atoms with van der Waals surface area (Å²) in [4.78, 5) is 16.2. The molecule has 1 saturated heterocycles. The van der Waals surface area contributed by atoms with Crippen molar-refractivity contribution in [3.8, 4) is 0 Å². The van der Waals surface area contributed by atoms with Crippen LogP contribution < -0.4 is 5.73 Å². The number of aliphatic hydroxyl groups excluding tert-OH is 1. The molecule has 1 unspecified atom stereocenters. The van der Waals surface area contributed by atoms with Gasteiger partial charge in [0.1, 0.15) is 11.8 Å². The summed E-state index contributed by atoms with van der Waals surface area (Å²) in [5.74, 6) is 0. The average molecular weight is 335 g/mol. The summed E-state index contributed by atoms with van der Waals surface area (Å²) in [6.45, 7) is 9.47. The maximum absolute atomic E-state index is 12.1. The van der Waals surface area contributed by atoms with Gasteiger partial charge in [0.25, 0.3) is 0 Å². The van der Waals surface area contributed by atoms with E-state index in [1.807, 2.05) is 32.9 Å². The minimum absolute atomic E-state index is 0.235. The molecule has 0 aromatic heterocycles. The third-order valence-electron chi connectivity index (χ3n) is 3.87. The van der Waals surface area contributed by atoms with Gasteiger partial charge in [-0.05, 0) is 31.9 Å². The number of ether oxygens (including phenoxy) is 1. The molecule has 0 spiro atoms. The van der Waals surface area contributed by atoms with E-state index in [1.54, 1.807) is 4.90 Å². The number of nitrogens with zero attached hydrogens (tertiary/aromatic N) is 2. The van der Waals surface area contributed by atoms with Gasteiger partial charge >= 0.3 is 6.09 Å². The van der Waals surface area contributed by atoms with E-state index >= 15 is 0 Å². The molecule has 3 N–H and O–H groups in total. The van der Waals surface area contributed by atoms with Crippen molar-refractivity contribution < 1.29 is 14.6 Å². The zero-order valence-electron chi connectivity index (χ0n) is 14.9. The van der Waals surface area contributed by atoms with Crippen molar-refractivity contribution in [1.82, 2.24) is 9.80 Å². The molecule has 0 radical (unpaired) electrons. The highest BCUT2D eigenvalue weighted by Gasteiger charge is 2.25. The smallest absolute Gasteiger partial charge is 0.410 e. The van der Waals surface area contributed by atoms with E-state index in [1.165, 1.54) is 5.56 Å². The Balaban J connectivity index is 1.84. The Morgan fingerprint density at radius 3 is 2.46 bits per heavy atom. The Kier molecular flexibility index (Phi) is 6.21. The van der Waals surface area contributed by atoms with E-state index in [4.69, 9.17) is 10.5 Å². The van der Waals surface area contributed by atoms with Gasteiger partial charge in [0.15, 0.2) is 0 Å². The molecule has 1 heterocycles. The minimum Gasteiger partial charge on any atom is -0.444 e. The number of hydrogen-bond donors (Lipinski definition) is 2. The second-order valence-corrected chi connectivity index (χ2v) is 7.33. The highest BCUT2D eigenvalue weighted by atomic mass is 16.6. The van der Waals surface area contributed by atoms with Crippen molar-refractivity contribution in [1.29, 1.82) is 0 Å². The van der Waals surface area contributed by atoms with Gasteiger partial charge in [-0.25, -0.2) is 4.79 Å². The molecular formula is C18H29N3O3. The van der Waals surface area contributed by atoms with Crippen molar-refractivity contribution in [3.63, 3.8) is 0 Å². The molecule has 0 bridgehead atoms. The number of carbonyl (C=O) groups excluding carboxylic acids is 1. The quantitative estimate of drug-likeness (QED) is 0.817. The van der Waals surface area contributed by atoms with E-state index in [0.29, 0.717) is 19.5 Å². The molecule has 6 nitrogen and oxygen atoms in total. The number of piperazine rings is 1. The van der Waals surface area contributed by atoms with Crippen LogP contribution >= 0.6 is 0 Å². The van der Waals surface area contributed by atoms with Gasteiger partial charge < -0.3 is 20.5 Å². The van der Waals surface area contributed by atoms with Crippen LogP contribution in [0.2, 0.25) is 0 Å². The van der Waals surface area contributed by atoms with E-state index in [2.05, 4.69) is 17.0 Å². The van der Waals surface area contributed by atoms with Gasteiger partial charge in [0.2, 0.25) is 0 Å². The van der Waals surface area contributed by atoms with Crippen LogP contribution in [0.1, 0.15) is 31.9 Å². The number of hydrogen-bond acceptors (Lipinski definition) is 5. The zero-order chi connectivity index (χ0) is 17.7. The van der Waals surface area contributed by atoms with E-state index < -0.39 is 11.8 Å². The molecule has 2 rings (SSSR count). The third-order valence-corrected chi connectivity index (χ3v) is 3.87. The maximum Gasteiger partial charge on any atom is 0.410 e. The first-order valence-electron chi connectivity index (χ1n) is 8.45. The minimum atomic E-state index is -0.822. The van der Waals surface area contributed by atoms with Gasteiger partial charge in [0.05, 0.1) is 0 Å². The van der Waals surface area contributed by atoms with Crippen LogP contribution in [0.3, 0.4) is 0 Å².